The highest BCUT2D eigenvalue weighted by atomic mass is 16.1. The van der Waals surface area contributed by atoms with Crippen molar-refractivity contribution in [2.45, 2.75) is 0 Å². The second-order valence-corrected chi connectivity index (χ2v) is 7.46. The van der Waals surface area contributed by atoms with Gasteiger partial charge < -0.3 is 5.32 Å². The van der Waals surface area contributed by atoms with Crippen molar-refractivity contribution in [2.75, 3.05) is 5.32 Å². The average Bonchev–Trinajstić information content (AvgIpc) is 3.28. The van der Waals surface area contributed by atoms with E-state index in [1.54, 1.807) is 6.08 Å². The van der Waals surface area contributed by atoms with Crippen molar-refractivity contribution < 1.29 is 4.79 Å². The van der Waals surface area contributed by atoms with Gasteiger partial charge in [0.15, 0.2) is 0 Å². The quantitative estimate of drug-likeness (QED) is 0.340. The number of carbonyl (C=O) groups excluding carboxylic acids is 1. The van der Waals surface area contributed by atoms with Crippen LogP contribution in [0.2, 0.25) is 0 Å². The highest BCUT2D eigenvalue weighted by Crippen LogP contribution is 2.28. The number of amides is 1. The predicted octanol–water partition coefficient (Wildman–Crippen LogP) is 6.34. The molecule has 0 aliphatic heterocycles. The summed E-state index contributed by atoms with van der Waals surface area (Å²) in [6.07, 6.45) is 5.31. The first-order chi connectivity index (χ1) is 15.8. The lowest BCUT2D eigenvalue weighted by molar-refractivity contribution is -0.111. The van der Waals surface area contributed by atoms with Gasteiger partial charge in [-0.25, -0.2) is 4.68 Å². The molecule has 1 heterocycles. The molecule has 0 saturated carbocycles. The molecule has 4 heteroatoms. The second-order valence-electron chi connectivity index (χ2n) is 7.46. The van der Waals surface area contributed by atoms with Crippen molar-refractivity contribution in [3.8, 4) is 16.9 Å². The number of para-hydroxylation sites is 2. The first-order valence-electron chi connectivity index (χ1n) is 10.4. The van der Waals surface area contributed by atoms with Crippen LogP contribution in [0.25, 0.3) is 33.8 Å². The van der Waals surface area contributed by atoms with Crippen LogP contribution in [0.5, 0.6) is 0 Å². The molecule has 0 spiro atoms. The molecule has 5 aromatic rings. The fraction of sp³-hybridized carbons (Fsp3) is 0. The maximum absolute atomic E-state index is 12.5. The first kappa shape index (κ1) is 19.5. The minimum Gasteiger partial charge on any atom is -0.323 e. The molecule has 0 saturated heterocycles. The monoisotopic (exact) mass is 415 g/mol. The van der Waals surface area contributed by atoms with Gasteiger partial charge >= 0.3 is 0 Å². The lowest BCUT2D eigenvalue weighted by atomic mass is 10.0. The third kappa shape index (κ3) is 4.20. The van der Waals surface area contributed by atoms with E-state index in [1.165, 1.54) is 5.39 Å². The molecule has 32 heavy (non-hydrogen) atoms. The Morgan fingerprint density at radius 2 is 1.47 bits per heavy atom. The lowest BCUT2D eigenvalue weighted by Gasteiger charge is -2.03. The maximum atomic E-state index is 12.5. The molecule has 1 amide bonds. The molecular weight excluding hydrogens is 394 g/mol. The Bertz CT molecular complexity index is 1400. The summed E-state index contributed by atoms with van der Waals surface area (Å²) in [4.78, 5) is 12.5. The summed E-state index contributed by atoms with van der Waals surface area (Å²) in [6, 6.07) is 33.9. The number of hydrogen-bond donors (Lipinski definition) is 1. The second kappa shape index (κ2) is 8.74. The average molecular weight is 415 g/mol. The Hall–Kier alpha value is -4.44. The van der Waals surface area contributed by atoms with Gasteiger partial charge in [0, 0.05) is 29.1 Å². The van der Waals surface area contributed by atoms with Crippen LogP contribution in [0.3, 0.4) is 0 Å². The van der Waals surface area contributed by atoms with Crippen LogP contribution >= 0.6 is 0 Å². The zero-order valence-electron chi connectivity index (χ0n) is 17.3. The number of fused-ring (bicyclic) bond motifs is 1. The Kier molecular flexibility index (Phi) is 5.33. The molecule has 5 rings (SSSR count). The highest BCUT2D eigenvalue weighted by Gasteiger charge is 2.12. The number of benzene rings is 4. The zero-order valence-corrected chi connectivity index (χ0v) is 17.3. The Morgan fingerprint density at radius 1 is 0.781 bits per heavy atom. The fourth-order valence-corrected chi connectivity index (χ4v) is 3.65. The van der Waals surface area contributed by atoms with Crippen molar-refractivity contribution in [1.82, 2.24) is 9.78 Å². The smallest absolute Gasteiger partial charge is 0.248 e. The van der Waals surface area contributed by atoms with Crippen LogP contribution in [0, 0.1) is 0 Å². The summed E-state index contributed by atoms with van der Waals surface area (Å²) in [6.45, 7) is 0. The molecule has 0 fully saturated rings. The largest absolute Gasteiger partial charge is 0.323 e. The van der Waals surface area contributed by atoms with E-state index in [-0.39, 0.29) is 5.91 Å². The molecule has 1 N–H and O–H groups in total. The molecule has 0 bridgehead atoms. The number of carbonyl (C=O) groups is 1. The summed E-state index contributed by atoms with van der Waals surface area (Å²) < 4.78 is 1.85. The van der Waals surface area contributed by atoms with Crippen LogP contribution < -0.4 is 5.32 Å². The van der Waals surface area contributed by atoms with Gasteiger partial charge in [-0.2, -0.15) is 5.10 Å². The van der Waals surface area contributed by atoms with Gasteiger partial charge in [-0.3, -0.25) is 4.79 Å². The lowest BCUT2D eigenvalue weighted by Crippen LogP contribution is -2.07. The number of anilines is 1. The van der Waals surface area contributed by atoms with E-state index < -0.39 is 0 Å². The minimum absolute atomic E-state index is 0.187. The van der Waals surface area contributed by atoms with Crippen molar-refractivity contribution in [3.05, 3.63) is 121 Å². The third-order valence-corrected chi connectivity index (χ3v) is 5.24. The van der Waals surface area contributed by atoms with E-state index in [2.05, 4.69) is 35.6 Å². The standard InChI is InChI=1S/C28H21N3O/c32-27(29-25-11-3-1-4-12-25)18-17-24-20-31(26-13-5-2-6-14-26)30-28(24)23-16-15-21-9-7-8-10-22(21)19-23/h1-20H,(H,29,32). The van der Waals surface area contributed by atoms with Crippen LogP contribution in [0.4, 0.5) is 5.69 Å². The van der Waals surface area contributed by atoms with Crippen molar-refractivity contribution in [3.63, 3.8) is 0 Å². The summed E-state index contributed by atoms with van der Waals surface area (Å²) in [5.74, 6) is -0.187. The Labute approximate surface area is 186 Å². The Balaban J connectivity index is 1.52. The zero-order chi connectivity index (χ0) is 21.8. The third-order valence-electron chi connectivity index (χ3n) is 5.24. The van der Waals surface area contributed by atoms with Gasteiger partial charge in [0.05, 0.1) is 11.4 Å². The molecule has 0 unspecified atom stereocenters. The molecule has 1 aromatic heterocycles. The van der Waals surface area contributed by atoms with E-state index in [4.69, 9.17) is 5.10 Å². The van der Waals surface area contributed by atoms with Crippen LogP contribution in [-0.2, 0) is 4.79 Å². The number of rotatable bonds is 5. The van der Waals surface area contributed by atoms with E-state index in [0.29, 0.717) is 0 Å². The van der Waals surface area contributed by atoms with Gasteiger partial charge in [0.1, 0.15) is 0 Å². The van der Waals surface area contributed by atoms with Gasteiger partial charge in [0.25, 0.3) is 0 Å². The van der Waals surface area contributed by atoms with Crippen molar-refractivity contribution in [2.24, 2.45) is 0 Å². The summed E-state index contributed by atoms with van der Waals surface area (Å²) in [7, 11) is 0. The number of hydrogen-bond acceptors (Lipinski definition) is 2. The number of nitrogens with one attached hydrogen (secondary N) is 1. The van der Waals surface area contributed by atoms with Gasteiger partial charge in [-0.05, 0) is 47.2 Å². The highest BCUT2D eigenvalue weighted by molar-refractivity contribution is 6.02. The van der Waals surface area contributed by atoms with E-state index in [0.717, 1.165) is 33.6 Å². The van der Waals surface area contributed by atoms with Crippen LogP contribution in [0.1, 0.15) is 5.56 Å². The van der Waals surface area contributed by atoms with Gasteiger partial charge in [-0.1, -0.05) is 72.8 Å². The number of nitrogens with zero attached hydrogens (tertiary/aromatic N) is 2. The Morgan fingerprint density at radius 3 is 2.25 bits per heavy atom. The van der Waals surface area contributed by atoms with E-state index >= 15 is 0 Å². The van der Waals surface area contributed by atoms with Crippen LogP contribution in [0.15, 0.2) is 115 Å². The van der Waals surface area contributed by atoms with Gasteiger partial charge in [-0.15, -0.1) is 0 Å². The predicted molar refractivity (Wildman–Crippen MR) is 131 cm³/mol. The fourth-order valence-electron chi connectivity index (χ4n) is 3.65. The van der Waals surface area contributed by atoms with Crippen molar-refractivity contribution >= 4 is 28.4 Å². The molecule has 4 nitrogen and oxygen atoms in total. The molecular formula is C28H21N3O. The summed E-state index contributed by atoms with van der Waals surface area (Å²) in [5, 5.41) is 10.1. The first-order valence-corrected chi connectivity index (χ1v) is 10.4. The van der Waals surface area contributed by atoms with Crippen molar-refractivity contribution in [1.29, 1.82) is 0 Å². The topological polar surface area (TPSA) is 46.9 Å². The van der Waals surface area contributed by atoms with E-state index in [1.807, 2.05) is 89.8 Å². The van der Waals surface area contributed by atoms with E-state index in [9.17, 15) is 4.79 Å². The number of aromatic nitrogens is 2. The summed E-state index contributed by atoms with van der Waals surface area (Å²) >= 11 is 0. The van der Waals surface area contributed by atoms with Gasteiger partial charge in [0.2, 0.25) is 5.91 Å². The van der Waals surface area contributed by atoms with Crippen LogP contribution in [-0.4, -0.2) is 15.7 Å². The SMILES string of the molecule is O=C(C=Cc1cn(-c2ccccc2)nc1-c1ccc2ccccc2c1)Nc1ccccc1. The molecule has 4 aromatic carbocycles. The molecule has 0 aliphatic carbocycles. The molecule has 0 atom stereocenters. The summed E-state index contributed by atoms with van der Waals surface area (Å²) in [5.41, 5.74) is 4.41. The maximum Gasteiger partial charge on any atom is 0.248 e. The molecule has 154 valence electrons. The molecule has 0 aliphatic rings. The normalized spacial score (nSPS) is 11.1. The molecule has 0 radical (unpaired) electrons. The minimum atomic E-state index is -0.187.